The van der Waals surface area contributed by atoms with Crippen molar-refractivity contribution in [1.29, 1.82) is 0 Å². The van der Waals surface area contributed by atoms with Gasteiger partial charge >= 0.3 is 0 Å². The van der Waals surface area contributed by atoms with Crippen LogP contribution in [0.2, 0.25) is 5.02 Å². The molecule has 2 heterocycles. The zero-order valence-electron chi connectivity index (χ0n) is 19.2. The molecule has 34 heavy (non-hydrogen) atoms. The summed E-state index contributed by atoms with van der Waals surface area (Å²) in [5.41, 5.74) is 4.59. The molecule has 6 heteroatoms. The Morgan fingerprint density at radius 2 is 1.85 bits per heavy atom. The summed E-state index contributed by atoms with van der Waals surface area (Å²) in [5.74, 6) is -0.0403. The number of rotatable bonds is 3. The highest BCUT2D eigenvalue weighted by molar-refractivity contribution is 6.30. The number of para-hydroxylation sites is 2. The lowest BCUT2D eigenvalue weighted by atomic mass is 9.73. The van der Waals surface area contributed by atoms with Gasteiger partial charge in [0.1, 0.15) is 0 Å². The van der Waals surface area contributed by atoms with E-state index < -0.39 is 6.04 Å². The summed E-state index contributed by atoms with van der Waals surface area (Å²) in [6.45, 7) is 4.21. The van der Waals surface area contributed by atoms with Crippen molar-refractivity contribution in [2.75, 3.05) is 10.2 Å². The SMILES string of the molecule is CC1(C)CC(=O)C2=C(C1)Nc1ccccc1N(C(=O)Cc1ccc(Cl)cc1)C2c1cccnc1. The van der Waals surface area contributed by atoms with Crippen LogP contribution in [0.1, 0.15) is 43.9 Å². The molecule has 0 spiro atoms. The van der Waals surface area contributed by atoms with Crippen LogP contribution >= 0.6 is 11.6 Å². The Balaban J connectivity index is 1.70. The molecule has 0 bridgehead atoms. The number of allylic oxidation sites excluding steroid dienone is 1. The van der Waals surface area contributed by atoms with E-state index >= 15 is 0 Å². The van der Waals surface area contributed by atoms with Gasteiger partial charge in [0.25, 0.3) is 0 Å². The Morgan fingerprint density at radius 3 is 2.59 bits per heavy atom. The number of hydrogen-bond donors (Lipinski definition) is 1. The van der Waals surface area contributed by atoms with Crippen LogP contribution in [0, 0.1) is 5.41 Å². The lowest BCUT2D eigenvalue weighted by molar-refractivity contribution is -0.119. The second-order valence-corrected chi connectivity index (χ2v) is 10.2. The van der Waals surface area contributed by atoms with Crippen molar-refractivity contribution >= 4 is 34.7 Å². The molecule has 172 valence electrons. The van der Waals surface area contributed by atoms with Crippen molar-refractivity contribution in [2.24, 2.45) is 5.41 Å². The first-order chi connectivity index (χ1) is 16.3. The number of benzene rings is 2. The Hall–Kier alpha value is -3.44. The van der Waals surface area contributed by atoms with Gasteiger partial charge in [-0.2, -0.15) is 0 Å². The number of anilines is 2. The summed E-state index contributed by atoms with van der Waals surface area (Å²) in [7, 11) is 0. The molecule has 2 aromatic carbocycles. The zero-order chi connectivity index (χ0) is 23.9. The highest BCUT2D eigenvalue weighted by Gasteiger charge is 2.43. The van der Waals surface area contributed by atoms with Crippen LogP contribution in [0.3, 0.4) is 0 Å². The van der Waals surface area contributed by atoms with Gasteiger partial charge in [-0.3, -0.25) is 19.5 Å². The van der Waals surface area contributed by atoms with Gasteiger partial charge in [-0.25, -0.2) is 0 Å². The number of pyridine rings is 1. The quantitative estimate of drug-likeness (QED) is 0.499. The smallest absolute Gasteiger partial charge is 0.232 e. The maximum atomic E-state index is 14.0. The van der Waals surface area contributed by atoms with E-state index in [0.29, 0.717) is 17.0 Å². The van der Waals surface area contributed by atoms with E-state index in [1.54, 1.807) is 29.4 Å². The number of fused-ring (bicyclic) bond motifs is 1. The average Bonchev–Trinajstić information content (AvgIpc) is 2.94. The number of nitrogens with zero attached hydrogens (tertiary/aromatic N) is 2. The first-order valence-electron chi connectivity index (χ1n) is 11.4. The topological polar surface area (TPSA) is 62.3 Å². The first-order valence-corrected chi connectivity index (χ1v) is 11.8. The van der Waals surface area contributed by atoms with Crippen LogP contribution in [0.5, 0.6) is 0 Å². The van der Waals surface area contributed by atoms with Crippen molar-refractivity contribution in [3.05, 3.63) is 100 Å². The van der Waals surface area contributed by atoms with E-state index in [4.69, 9.17) is 11.6 Å². The zero-order valence-corrected chi connectivity index (χ0v) is 20.0. The molecule has 3 aromatic rings. The molecule has 1 aromatic heterocycles. The van der Waals surface area contributed by atoms with Gasteiger partial charge in [0.15, 0.2) is 5.78 Å². The molecule has 1 aliphatic carbocycles. The third kappa shape index (κ3) is 4.24. The van der Waals surface area contributed by atoms with Gasteiger partial charge in [-0.05, 0) is 53.3 Å². The second kappa shape index (κ2) is 8.73. The summed E-state index contributed by atoms with van der Waals surface area (Å²) in [6, 6.07) is 18.3. The van der Waals surface area contributed by atoms with E-state index in [2.05, 4.69) is 24.1 Å². The molecule has 1 amide bonds. The highest BCUT2D eigenvalue weighted by atomic mass is 35.5. The van der Waals surface area contributed by atoms with Crippen LogP contribution in [-0.2, 0) is 16.0 Å². The van der Waals surface area contributed by atoms with Crippen LogP contribution in [0.4, 0.5) is 11.4 Å². The number of ketones is 1. The van der Waals surface area contributed by atoms with E-state index in [0.717, 1.165) is 34.6 Å². The Kier molecular flexibility index (Phi) is 5.74. The largest absolute Gasteiger partial charge is 0.357 e. The van der Waals surface area contributed by atoms with Crippen LogP contribution < -0.4 is 10.2 Å². The summed E-state index contributed by atoms with van der Waals surface area (Å²) < 4.78 is 0. The number of nitrogens with one attached hydrogen (secondary N) is 1. The van der Waals surface area contributed by atoms with Crippen molar-refractivity contribution in [1.82, 2.24) is 4.98 Å². The van der Waals surface area contributed by atoms with Crippen molar-refractivity contribution in [2.45, 2.75) is 39.2 Å². The number of carbonyl (C=O) groups is 2. The van der Waals surface area contributed by atoms with E-state index in [1.807, 2.05) is 48.5 Å². The summed E-state index contributed by atoms with van der Waals surface area (Å²) >= 11 is 6.05. The van der Waals surface area contributed by atoms with Gasteiger partial charge in [0.2, 0.25) is 5.91 Å². The van der Waals surface area contributed by atoms with Crippen molar-refractivity contribution < 1.29 is 9.59 Å². The molecule has 1 unspecified atom stereocenters. The molecular weight excluding hydrogens is 446 g/mol. The predicted molar refractivity (Wildman–Crippen MR) is 135 cm³/mol. The number of carbonyl (C=O) groups excluding carboxylic acids is 2. The van der Waals surface area contributed by atoms with Gasteiger partial charge in [-0.1, -0.05) is 55.8 Å². The molecule has 2 aliphatic rings. The highest BCUT2D eigenvalue weighted by Crippen LogP contribution is 2.48. The number of aromatic nitrogens is 1. The van der Waals surface area contributed by atoms with E-state index in [1.165, 1.54) is 0 Å². The molecule has 5 rings (SSSR count). The number of hydrogen-bond acceptors (Lipinski definition) is 4. The second-order valence-electron chi connectivity index (χ2n) is 9.73. The third-order valence-corrected chi connectivity index (χ3v) is 6.69. The molecule has 0 saturated heterocycles. The van der Waals surface area contributed by atoms with Gasteiger partial charge < -0.3 is 5.32 Å². The molecule has 0 fully saturated rings. The Bertz CT molecular complexity index is 1280. The lowest BCUT2D eigenvalue weighted by Gasteiger charge is -2.37. The van der Waals surface area contributed by atoms with E-state index in [9.17, 15) is 9.59 Å². The molecule has 1 atom stereocenters. The minimum absolute atomic E-state index is 0.0599. The van der Waals surface area contributed by atoms with E-state index in [-0.39, 0.29) is 23.5 Å². The average molecular weight is 472 g/mol. The molecular formula is C28H26ClN3O2. The molecule has 5 nitrogen and oxygen atoms in total. The van der Waals surface area contributed by atoms with Crippen LogP contribution in [0.15, 0.2) is 84.3 Å². The fourth-order valence-electron chi connectivity index (χ4n) is 4.98. The Morgan fingerprint density at radius 1 is 1.09 bits per heavy atom. The summed E-state index contributed by atoms with van der Waals surface area (Å²) in [4.78, 5) is 33.7. The third-order valence-electron chi connectivity index (χ3n) is 6.44. The van der Waals surface area contributed by atoms with Gasteiger partial charge in [0.05, 0.1) is 23.8 Å². The van der Waals surface area contributed by atoms with Crippen molar-refractivity contribution in [3.63, 3.8) is 0 Å². The minimum Gasteiger partial charge on any atom is -0.357 e. The molecule has 1 aliphatic heterocycles. The van der Waals surface area contributed by atoms with Gasteiger partial charge in [-0.15, -0.1) is 0 Å². The molecule has 1 N–H and O–H groups in total. The summed E-state index contributed by atoms with van der Waals surface area (Å²) in [6.07, 6.45) is 4.79. The monoisotopic (exact) mass is 471 g/mol. The fraction of sp³-hybridized carbons (Fsp3) is 0.250. The van der Waals surface area contributed by atoms with Crippen LogP contribution in [0.25, 0.3) is 0 Å². The lowest BCUT2D eigenvalue weighted by Crippen LogP contribution is -2.40. The number of amides is 1. The number of Topliss-reactive ketones (excluding diaryl/α,β-unsaturated/α-hetero) is 1. The maximum absolute atomic E-state index is 14.0. The normalized spacial score (nSPS) is 19.1. The minimum atomic E-state index is -0.566. The van der Waals surface area contributed by atoms with Gasteiger partial charge in [0, 0.05) is 35.1 Å². The van der Waals surface area contributed by atoms with Crippen molar-refractivity contribution in [3.8, 4) is 0 Å². The first kappa shape index (κ1) is 22.4. The molecule has 0 saturated carbocycles. The summed E-state index contributed by atoms with van der Waals surface area (Å²) in [5, 5.41) is 4.15. The predicted octanol–water partition coefficient (Wildman–Crippen LogP) is 6.12. The Labute approximate surface area is 204 Å². The number of halogens is 1. The molecule has 0 radical (unpaired) electrons. The van der Waals surface area contributed by atoms with Crippen LogP contribution in [-0.4, -0.2) is 16.7 Å². The standard InChI is InChI=1S/C28H26ClN3O2/c1-28(2)15-22-26(24(33)16-28)27(19-6-5-13-30-17-19)32(23-8-4-3-7-21(23)31-22)25(34)14-18-9-11-20(29)12-10-18/h3-13,17,27,31H,14-16H2,1-2H3. The maximum Gasteiger partial charge on any atom is 0.232 e. The fourth-order valence-corrected chi connectivity index (χ4v) is 5.10.